The van der Waals surface area contributed by atoms with Crippen molar-refractivity contribution in [2.75, 3.05) is 0 Å². The van der Waals surface area contributed by atoms with Gasteiger partial charge in [-0.15, -0.1) is 0 Å². The second-order valence-corrected chi connectivity index (χ2v) is 4.32. The lowest BCUT2D eigenvalue weighted by atomic mass is 10.1. The number of ether oxygens (including phenoxy) is 1. The van der Waals surface area contributed by atoms with Gasteiger partial charge in [0.25, 0.3) is 0 Å². The van der Waals surface area contributed by atoms with Gasteiger partial charge in [0.15, 0.2) is 5.75 Å². The Labute approximate surface area is 121 Å². The van der Waals surface area contributed by atoms with E-state index in [1.807, 2.05) is 13.0 Å². The number of nitro benzene ring substituents is 1. The SMILES string of the molecule is CCc1ccc(OCc2cccnc2C#N)c([N+](=O)[O-])c1. The maximum Gasteiger partial charge on any atom is 0.311 e. The molecule has 0 spiro atoms. The summed E-state index contributed by atoms with van der Waals surface area (Å²) in [5.41, 5.74) is 1.64. The van der Waals surface area contributed by atoms with E-state index in [2.05, 4.69) is 4.98 Å². The molecule has 0 saturated heterocycles. The van der Waals surface area contributed by atoms with Gasteiger partial charge in [-0.1, -0.05) is 19.1 Å². The molecule has 1 aromatic heterocycles. The number of pyridine rings is 1. The van der Waals surface area contributed by atoms with Gasteiger partial charge < -0.3 is 4.74 Å². The van der Waals surface area contributed by atoms with E-state index in [4.69, 9.17) is 10.00 Å². The highest BCUT2D eigenvalue weighted by Gasteiger charge is 2.16. The number of rotatable bonds is 5. The smallest absolute Gasteiger partial charge is 0.311 e. The lowest BCUT2D eigenvalue weighted by Crippen LogP contribution is -2.02. The summed E-state index contributed by atoms with van der Waals surface area (Å²) in [6.07, 6.45) is 2.23. The molecule has 0 bridgehead atoms. The maximum atomic E-state index is 11.1. The van der Waals surface area contributed by atoms with Gasteiger partial charge in [0.05, 0.1) is 4.92 Å². The minimum absolute atomic E-state index is 0.0586. The van der Waals surface area contributed by atoms with E-state index in [9.17, 15) is 10.1 Å². The van der Waals surface area contributed by atoms with Crippen LogP contribution in [0.15, 0.2) is 36.5 Å². The van der Waals surface area contributed by atoms with Crippen LogP contribution in [0, 0.1) is 21.4 Å². The largest absolute Gasteiger partial charge is 0.482 e. The molecule has 21 heavy (non-hydrogen) atoms. The van der Waals surface area contributed by atoms with E-state index in [0.29, 0.717) is 12.0 Å². The minimum Gasteiger partial charge on any atom is -0.482 e. The number of hydrogen-bond donors (Lipinski definition) is 0. The van der Waals surface area contributed by atoms with Crippen LogP contribution in [-0.2, 0) is 13.0 Å². The fourth-order valence-corrected chi connectivity index (χ4v) is 1.86. The molecule has 0 N–H and O–H groups in total. The third kappa shape index (κ3) is 3.34. The maximum absolute atomic E-state index is 11.1. The fourth-order valence-electron chi connectivity index (χ4n) is 1.86. The molecule has 0 atom stereocenters. The zero-order chi connectivity index (χ0) is 15.2. The molecule has 0 aliphatic rings. The molecule has 0 saturated carbocycles. The van der Waals surface area contributed by atoms with Crippen LogP contribution in [0.3, 0.4) is 0 Å². The van der Waals surface area contributed by atoms with E-state index in [0.717, 1.165) is 5.56 Å². The highest BCUT2D eigenvalue weighted by molar-refractivity contribution is 5.49. The van der Waals surface area contributed by atoms with Crippen LogP contribution in [-0.4, -0.2) is 9.91 Å². The molecule has 0 aliphatic heterocycles. The van der Waals surface area contributed by atoms with E-state index >= 15 is 0 Å². The Kier molecular flexibility index (Phi) is 4.46. The lowest BCUT2D eigenvalue weighted by molar-refractivity contribution is -0.386. The van der Waals surface area contributed by atoms with E-state index in [1.165, 1.54) is 12.3 Å². The van der Waals surface area contributed by atoms with Crippen molar-refractivity contribution in [2.45, 2.75) is 20.0 Å². The molecule has 0 radical (unpaired) electrons. The van der Waals surface area contributed by atoms with Gasteiger partial charge in [-0.2, -0.15) is 5.26 Å². The minimum atomic E-state index is -0.469. The van der Waals surface area contributed by atoms with Gasteiger partial charge in [-0.25, -0.2) is 4.98 Å². The first-order chi connectivity index (χ1) is 10.2. The molecular formula is C15H13N3O3. The first-order valence-electron chi connectivity index (χ1n) is 6.39. The zero-order valence-corrected chi connectivity index (χ0v) is 11.4. The monoisotopic (exact) mass is 283 g/mol. The molecule has 0 unspecified atom stereocenters. The topological polar surface area (TPSA) is 89.0 Å². The molecule has 6 nitrogen and oxygen atoms in total. The van der Waals surface area contributed by atoms with Crippen molar-refractivity contribution in [2.24, 2.45) is 0 Å². The van der Waals surface area contributed by atoms with Crippen molar-refractivity contribution >= 4 is 5.69 Å². The Balaban J connectivity index is 2.24. The average molecular weight is 283 g/mol. The predicted octanol–water partition coefficient (Wildman–Crippen LogP) is 3.00. The number of nitro groups is 1. The average Bonchev–Trinajstić information content (AvgIpc) is 2.52. The van der Waals surface area contributed by atoms with Gasteiger partial charge in [0.2, 0.25) is 0 Å². The molecule has 0 aliphatic carbocycles. The molecule has 6 heteroatoms. The Morgan fingerprint density at radius 3 is 2.90 bits per heavy atom. The summed E-state index contributed by atoms with van der Waals surface area (Å²) in [4.78, 5) is 14.5. The van der Waals surface area contributed by atoms with Crippen LogP contribution in [0.4, 0.5) is 5.69 Å². The van der Waals surface area contributed by atoms with E-state index in [1.54, 1.807) is 24.3 Å². The van der Waals surface area contributed by atoms with Crippen LogP contribution in [0.25, 0.3) is 0 Å². The molecule has 106 valence electrons. The number of nitriles is 1. The fraction of sp³-hybridized carbons (Fsp3) is 0.200. The summed E-state index contributed by atoms with van der Waals surface area (Å²) < 4.78 is 5.49. The quantitative estimate of drug-likeness (QED) is 0.621. The van der Waals surface area contributed by atoms with E-state index < -0.39 is 4.92 Å². The Morgan fingerprint density at radius 2 is 2.24 bits per heavy atom. The standard InChI is InChI=1S/C15H13N3O3/c1-2-11-5-6-15(14(8-11)18(19)20)21-10-12-4-3-7-17-13(12)9-16/h3-8H,2,10H2,1H3. The van der Waals surface area contributed by atoms with Gasteiger partial charge in [-0.3, -0.25) is 10.1 Å². The van der Waals surface area contributed by atoms with Crippen molar-refractivity contribution in [3.05, 3.63) is 63.5 Å². The van der Waals surface area contributed by atoms with Crippen molar-refractivity contribution in [1.29, 1.82) is 5.26 Å². The number of aromatic nitrogens is 1. The Bertz CT molecular complexity index is 708. The van der Waals surface area contributed by atoms with Crippen LogP contribution in [0.1, 0.15) is 23.7 Å². The highest BCUT2D eigenvalue weighted by Crippen LogP contribution is 2.29. The van der Waals surface area contributed by atoms with Gasteiger partial charge in [0, 0.05) is 17.8 Å². The van der Waals surface area contributed by atoms with Crippen molar-refractivity contribution in [3.8, 4) is 11.8 Å². The predicted molar refractivity (Wildman–Crippen MR) is 75.8 cm³/mol. The summed E-state index contributed by atoms with van der Waals surface area (Å²) in [6, 6.07) is 10.2. The summed E-state index contributed by atoms with van der Waals surface area (Å²) in [7, 11) is 0. The van der Waals surface area contributed by atoms with Crippen molar-refractivity contribution < 1.29 is 9.66 Å². The Hall–Kier alpha value is -2.94. The van der Waals surface area contributed by atoms with E-state index in [-0.39, 0.29) is 23.7 Å². The van der Waals surface area contributed by atoms with Crippen LogP contribution in [0.2, 0.25) is 0 Å². The summed E-state index contributed by atoms with van der Waals surface area (Å²) in [5.74, 6) is 0.185. The summed E-state index contributed by atoms with van der Waals surface area (Å²) >= 11 is 0. The third-order valence-electron chi connectivity index (χ3n) is 3.01. The lowest BCUT2D eigenvalue weighted by Gasteiger charge is -2.08. The van der Waals surface area contributed by atoms with Crippen molar-refractivity contribution in [3.63, 3.8) is 0 Å². The second-order valence-electron chi connectivity index (χ2n) is 4.32. The van der Waals surface area contributed by atoms with Gasteiger partial charge >= 0.3 is 5.69 Å². The molecule has 0 amide bonds. The molecule has 2 aromatic rings. The summed E-state index contributed by atoms with van der Waals surface area (Å²) in [6.45, 7) is 1.98. The third-order valence-corrected chi connectivity index (χ3v) is 3.01. The second kappa shape index (κ2) is 6.48. The van der Waals surface area contributed by atoms with Gasteiger partial charge in [0.1, 0.15) is 18.4 Å². The molecular weight excluding hydrogens is 270 g/mol. The van der Waals surface area contributed by atoms with Gasteiger partial charge in [-0.05, 0) is 24.1 Å². The zero-order valence-electron chi connectivity index (χ0n) is 11.4. The Morgan fingerprint density at radius 1 is 1.43 bits per heavy atom. The van der Waals surface area contributed by atoms with Crippen molar-refractivity contribution in [1.82, 2.24) is 4.98 Å². The van der Waals surface area contributed by atoms with Crippen LogP contribution >= 0.6 is 0 Å². The molecule has 2 rings (SSSR count). The van der Waals surface area contributed by atoms with Crippen LogP contribution in [0.5, 0.6) is 5.75 Å². The van der Waals surface area contributed by atoms with Crippen LogP contribution < -0.4 is 4.74 Å². The number of aryl methyl sites for hydroxylation is 1. The number of benzene rings is 1. The molecule has 1 aromatic carbocycles. The number of hydrogen-bond acceptors (Lipinski definition) is 5. The summed E-state index contributed by atoms with van der Waals surface area (Å²) in [5, 5.41) is 20.0. The first-order valence-corrected chi connectivity index (χ1v) is 6.39. The molecule has 1 heterocycles. The number of nitrogens with zero attached hydrogens (tertiary/aromatic N) is 3. The first kappa shape index (κ1) is 14.5. The highest BCUT2D eigenvalue weighted by atomic mass is 16.6. The molecule has 0 fully saturated rings. The normalized spacial score (nSPS) is 9.90.